The number of ether oxygens (including phenoxy) is 2. The Morgan fingerprint density at radius 1 is 1.22 bits per heavy atom. The molecule has 150 valence electrons. The highest BCUT2D eigenvalue weighted by molar-refractivity contribution is 5.80. The summed E-state index contributed by atoms with van der Waals surface area (Å²) >= 11 is 0. The van der Waals surface area contributed by atoms with Crippen LogP contribution in [-0.4, -0.2) is 68.1 Å². The van der Waals surface area contributed by atoms with Gasteiger partial charge in [0.05, 0.1) is 19.1 Å². The zero-order valence-electron chi connectivity index (χ0n) is 17.0. The summed E-state index contributed by atoms with van der Waals surface area (Å²) in [5.41, 5.74) is 2.35. The number of benzene rings is 1. The van der Waals surface area contributed by atoms with Gasteiger partial charge >= 0.3 is 5.97 Å². The van der Waals surface area contributed by atoms with Gasteiger partial charge in [-0.05, 0) is 63.9 Å². The van der Waals surface area contributed by atoms with Crippen LogP contribution >= 0.6 is 0 Å². The minimum atomic E-state index is -0.194. The number of aryl methyl sites for hydroxylation is 2. The summed E-state index contributed by atoms with van der Waals surface area (Å²) in [6.07, 6.45) is 1.64. The van der Waals surface area contributed by atoms with Gasteiger partial charge in [0.1, 0.15) is 12.4 Å². The minimum absolute atomic E-state index is 0.0536. The van der Waals surface area contributed by atoms with Crippen molar-refractivity contribution in [1.82, 2.24) is 9.80 Å². The third kappa shape index (κ3) is 6.86. The van der Waals surface area contributed by atoms with Gasteiger partial charge < -0.3 is 14.4 Å². The topological polar surface area (TPSA) is 59.1 Å². The molecule has 1 saturated heterocycles. The number of nitrogens with zero attached hydrogens (tertiary/aromatic N) is 2. The Bertz CT molecular complexity index is 627. The van der Waals surface area contributed by atoms with Gasteiger partial charge in [0.15, 0.2) is 0 Å². The lowest BCUT2D eigenvalue weighted by molar-refractivity contribution is -0.151. The summed E-state index contributed by atoms with van der Waals surface area (Å²) in [5.74, 6) is 0.532. The molecule has 0 aliphatic carbocycles. The van der Waals surface area contributed by atoms with E-state index in [1.165, 1.54) is 11.1 Å². The lowest BCUT2D eigenvalue weighted by Crippen LogP contribution is -2.46. The smallest absolute Gasteiger partial charge is 0.310 e. The Morgan fingerprint density at radius 2 is 1.93 bits per heavy atom. The van der Waals surface area contributed by atoms with E-state index in [2.05, 4.69) is 6.07 Å². The molecule has 1 amide bonds. The molecule has 1 unspecified atom stereocenters. The molecule has 0 radical (unpaired) electrons. The number of likely N-dealkylation sites (tertiary alicyclic amines) is 1. The average molecular weight is 376 g/mol. The van der Waals surface area contributed by atoms with Crippen molar-refractivity contribution >= 4 is 11.9 Å². The maximum absolute atomic E-state index is 12.5. The van der Waals surface area contributed by atoms with Crippen LogP contribution in [0.25, 0.3) is 0 Å². The molecule has 1 aromatic carbocycles. The molecule has 6 heteroatoms. The van der Waals surface area contributed by atoms with E-state index in [0.717, 1.165) is 18.6 Å². The van der Waals surface area contributed by atoms with Crippen molar-refractivity contribution in [2.45, 2.75) is 33.6 Å². The van der Waals surface area contributed by atoms with E-state index in [0.29, 0.717) is 39.4 Å². The molecule has 2 rings (SSSR count). The van der Waals surface area contributed by atoms with Crippen molar-refractivity contribution in [2.24, 2.45) is 5.92 Å². The molecule has 0 aromatic heterocycles. The second-order valence-corrected chi connectivity index (χ2v) is 7.34. The molecule has 1 aliphatic rings. The third-order valence-corrected chi connectivity index (χ3v) is 4.74. The molecular weight excluding hydrogens is 344 g/mol. The van der Waals surface area contributed by atoms with E-state index in [1.54, 1.807) is 11.8 Å². The number of carbonyl (C=O) groups excluding carboxylic acids is 2. The Morgan fingerprint density at radius 3 is 2.59 bits per heavy atom. The number of amides is 1. The summed E-state index contributed by atoms with van der Waals surface area (Å²) in [5, 5.41) is 0. The van der Waals surface area contributed by atoms with Crippen molar-refractivity contribution in [3.63, 3.8) is 0 Å². The molecule has 0 saturated carbocycles. The first-order valence-corrected chi connectivity index (χ1v) is 9.73. The fraction of sp³-hybridized carbons (Fsp3) is 0.619. The largest absolute Gasteiger partial charge is 0.492 e. The Hall–Kier alpha value is -2.08. The highest BCUT2D eigenvalue weighted by Crippen LogP contribution is 2.18. The first-order chi connectivity index (χ1) is 12.9. The SMILES string of the molecule is CCOC(=O)C1CCCN(C(=O)CN(C)CCOc2cc(C)cc(C)c2)C1. The monoisotopic (exact) mass is 376 g/mol. The first kappa shape index (κ1) is 21.2. The van der Waals surface area contributed by atoms with E-state index >= 15 is 0 Å². The lowest BCUT2D eigenvalue weighted by Gasteiger charge is -2.32. The lowest BCUT2D eigenvalue weighted by atomic mass is 9.98. The molecule has 0 N–H and O–H groups in total. The van der Waals surface area contributed by atoms with Crippen LogP contribution in [0.2, 0.25) is 0 Å². The Kier molecular flexibility index (Phi) is 8.10. The molecule has 1 heterocycles. The molecule has 0 spiro atoms. The maximum atomic E-state index is 12.5. The molecule has 1 aliphatic heterocycles. The third-order valence-electron chi connectivity index (χ3n) is 4.74. The molecule has 6 nitrogen and oxygen atoms in total. The zero-order chi connectivity index (χ0) is 19.8. The quantitative estimate of drug-likeness (QED) is 0.652. The van der Waals surface area contributed by atoms with Gasteiger partial charge in [0, 0.05) is 19.6 Å². The Balaban J connectivity index is 1.75. The molecular formula is C21H32N2O4. The van der Waals surface area contributed by atoms with Gasteiger partial charge in [-0.15, -0.1) is 0 Å². The molecule has 1 fully saturated rings. The van der Waals surface area contributed by atoms with Gasteiger partial charge in [-0.25, -0.2) is 0 Å². The fourth-order valence-corrected chi connectivity index (χ4v) is 3.40. The van der Waals surface area contributed by atoms with Crippen LogP contribution in [0.15, 0.2) is 18.2 Å². The predicted octanol–water partition coefficient (Wildman–Crippen LogP) is 2.42. The minimum Gasteiger partial charge on any atom is -0.492 e. The normalized spacial score (nSPS) is 17.1. The summed E-state index contributed by atoms with van der Waals surface area (Å²) < 4.78 is 10.9. The second kappa shape index (κ2) is 10.3. The number of piperidine rings is 1. The van der Waals surface area contributed by atoms with Crippen molar-refractivity contribution in [1.29, 1.82) is 0 Å². The summed E-state index contributed by atoms with van der Waals surface area (Å²) in [7, 11) is 1.91. The summed E-state index contributed by atoms with van der Waals surface area (Å²) in [6.45, 7) is 8.97. The maximum Gasteiger partial charge on any atom is 0.310 e. The van der Waals surface area contributed by atoms with E-state index in [4.69, 9.17) is 9.47 Å². The number of hydrogen-bond acceptors (Lipinski definition) is 5. The molecule has 1 aromatic rings. The van der Waals surface area contributed by atoms with Gasteiger partial charge in [-0.3, -0.25) is 14.5 Å². The van der Waals surface area contributed by atoms with E-state index in [-0.39, 0.29) is 17.8 Å². The molecule has 27 heavy (non-hydrogen) atoms. The standard InChI is InChI=1S/C21H32N2O4/c1-5-26-21(25)18-7-6-8-23(14-18)20(24)15-22(4)9-10-27-19-12-16(2)11-17(3)13-19/h11-13,18H,5-10,14-15H2,1-4H3. The van der Waals surface area contributed by atoms with E-state index < -0.39 is 0 Å². The Labute approximate surface area is 162 Å². The van der Waals surface area contributed by atoms with Crippen LogP contribution in [0.3, 0.4) is 0 Å². The first-order valence-electron chi connectivity index (χ1n) is 9.73. The van der Waals surface area contributed by atoms with E-state index in [1.807, 2.05) is 37.9 Å². The van der Waals surface area contributed by atoms with Crippen LogP contribution in [-0.2, 0) is 14.3 Å². The van der Waals surface area contributed by atoms with Gasteiger partial charge in [0.25, 0.3) is 0 Å². The highest BCUT2D eigenvalue weighted by atomic mass is 16.5. The van der Waals surface area contributed by atoms with Gasteiger partial charge in [-0.1, -0.05) is 6.07 Å². The molecule has 0 bridgehead atoms. The second-order valence-electron chi connectivity index (χ2n) is 7.34. The number of carbonyl (C=O) groups is 2. The van der Waals surface area contributed by atoms with Crippen molar-refractivity contribution in [3.05, 3.63) is 29.3 Å². The van der Waals surface area contributed by atoms with Crippen molar-refractivity contribution in [2.75, 3.05) is 46.4 Å². The highest BCUT2D eigenvalue weighted by Gasteiger charge is 2.29. The average Bonchev–Trinajstić information content (AvgIpc) is 2.61. The summed E-state index contributed by atoms with van der Waals surface area (Å²) in [6, 6.07) is 6.14. The van der Waals surface area contributed by atoms with Crippen LogP contribution in [0, 0.1) is 19.8 Å². The van der Waals surface area contributed by atoms with Gasteiger partial charge in [-0.2, -0.15) is 0 Å². The van der Waals surface area contributed by atoms with Gasteiger partial charge in [0.2, 0.25) is 5.91 Å². The van der Waals surface area contributed by atoms with Crippen LogP contribution in [0.4, 0.5) is 0 Å². The predicted molar refractivity (Wildman–Crippen MR) is 105 cm³/mol. The summed E-state index contributed by atoms with van der Waals surface area (Å²) in [4.78, 5) is 28.2. The number of likely N-dealkylation sites (N-methyl/N-ethyl adjacent to an activating group) is 1. The van der Waals surface area contributed by atoms with Crippen LogP contribution < -0.4 is 4.74 Å². The number of hydrogen-bond donors (Lipinski definition) is 0. The fourth-order valence-electron chi connectivity index (χ4n) is 3.40. The number of rotatable bonds is 8. The van der Waals surface area contributed by atoms with Crippen LogP contribution in [0.5, 0.6) is 5.75 Å². The zero-order valence-corrected chi connectivity index (χ0v) is 17.0. The van der Waals surface area contributed by atoms with Crippen LogP contribution in [0.1, 0.15) is 30.9 Å². The molecule has 1 atom stereocenters. The number of esters is 1. The van der Waals surface area contributed by atoms with E-state index in [9.17, 15) is 9.59 Å². The van der Waals surface area contributed by atoms with Crippen molar-refractivity contribution < 1.29 is 19.1 Å². The van der Waals surface area contributed by atoms with Crippen molar-refractivity contribution in [3.8, 4) is 5.75 Å².